The highest BCUT2D eigenvalue weighted by Crippen LogP contribution is 2.50. The quantitative estimate of drug-likeness (QED) is 0.588. The van der Waals surface area contributed by atoms with E-state index in [1.165, 1.54) is 6.26 Å². The monoisotopic (exact) mass is 434 g/mol. The molecule has 0 saturated carbocycles. The predicted octanol–water partition coefficient (Wildman–Crippen LogP) is 5.03. The van der Waals surface area contributed by atoms with Gasteiger partial charge in [-0.25, -0.2) is 8.42 Å². The summed E-state index contributed by atoms with van der Waals surface area (Å²) in [6.45, 7) is 2.02. The maximum Gasteiger partial charge on any atom is 0.175 e. The lowest BCUT2D eigenvalue weighted by Gasteiger charge is -2.29. The summed E-state index contributed by atoms with van der Waals surface area (Å²) in [4.78, 5) is 0.229. The maximum atomic E-state index is 11.9. The molecule has 1 unspecified atom stereocenters. The third-order valence-electron chi connectivity index (χ3n) is 5.50. The van der Waals surface area contributed by atoms with E-state index in [0.717, 1.165) is 22.3 Å². The zero-order chi connectivity index (χ0) is 22.2. The molecule has 0 aliphatic carbocycles. The number of nitrogens with zero attached hydrogens (tertiary/aromatic N) is 2. The van der Waals surface area contributed by atoms with E-state index >= 15 is 0 Å². The molecule has 0 radical (unpaired) electrons. The summed E-state index contributed by atoms with van der Waals surface area (Å²) < 4.78 is 23.9. The summed E-state index contributed by atoms with van der Waals surface area (Å²) in [5.74, 6) is 0.306. The molecule has 158 valence electrons. The third-order valence-corrected chi connectivity index (χ3v) is 6.63. The van der Waals surface area contributed by atoms with Crippen molar-refractivity contribution in [2.24, 2.45) is 10.2 Å². The van der Waals surface area contributed by atoms with Crippen LogP contribution in [0, 0.1) is 0 Å². The summed E-state index contributed by atoms with van der Waals surface area (Å²) in [6.07, 6.45) is 1.81. The van der Waals surface area contributed by atoms with Crippen LogP contribution in [0.15, 0.2) is 93.5 Å². The van der Waals surface area contributed by atoms with Crippen molar-refractivity contribution in [3.63, 3.8) is 0 Å². The topological polar surface area (TPSA) is 99.3 Å². The van der Waals surface area contributed by atoms with Crippen LogP contribution in [0.1, 0.15) is 30.0 Å². The number of azo groups is 1. The molecule has 0 aromatic heterocycles. The van der Waals surface area contributed by atoms with Gasteiger partial charge in [0.05, 0.1) is 10.6 Å². The van der Waals surface area contributed by atoms with Gasteiger partial charge >= 0.3 is 0 Å². The van der Waals surface area contributed by atoms with Crippen molar-refractivity contribution in [1.29, 1.82) is 0 Å². The summed E-state index contributed by atoms with van der Waals surface area (Å²) >= 11 is 0. The van der Waals surface area contributed by atoms with Crippen LogP contribution in [-0.2, 0) is 15.4 Å². The van der Waals surface area contributed by atoms with E-state index in [4.69, 9.17) is 5.11 Å². The molecule has 3 aromatic carbocycles. The standard InChI is InChI=1S/C24H22N2O4S/c1-3-22-23(16-4-10-19(27)11-5-16)25-26-24(22,17-6-12-20(28)13-7-17)18-8-14-21(15-9-18)31(2,29)30/h4-15,27-28H,3H2,1-2H3. The molecule has 7 heteroatoms. The number of sulfone groups is 1. The van der Waals surface area contributed by atoms with Gasteiger partial charge in [0.1, 0.15) is 11.5 Å². The molecule has 6 nitrogen and oxygen atoms in total. The van der Waals surface area contributed by atoms with Crippen LogP contribution in [0.3, 0.4) is 0 Å². The molecule has 1 heterocycles. The number of hydrogen-bond acceptors (Lipinski definition) is 6. The van der Waals surface area contributed by atoms with Crippen LogP contribution in [0.5, 0.6) is 11.5 Å². The second-order valence-corrected chi connectivity index (χ2v) is 9.50. The Labute approximate surface area is 181 Å². The first-order valence-corrected chi connectivity index (χ1v) is 11.7. The SMILES string of the molecule is CCC1=C(c2ccc(O)cc2)N=NC1(c1ccc(O)cc1)c1ccc(S(C)(=O)=O)cc1. The van der Waals surface area contributed by atoms with Gasteiger partial charge in [-0.05, 0) is 71.7 Å². The van der Waals surface area contributed by atoms with Crippen molar-refractivity contribution in [1.82, 2.24) is 0 Å². The molecule has 4 rings (SSSR count). The Morgan fingerprint density at radius 1 is 0.806 bits per heavy atom. The lowest BCUT2D eigenvalue weighted by Crippen LogP contribution is -2.26. The van der Waals surface area contributed by atoms with Crippen LogP contribution in [0.25, 0.3) is 5.70 Å². The molecule has 0 saturated heterocycles. The van der Waals surface area contributed by atoms with Gasteiger partial charge < -0.3 is 10.2 Å². The number of benzene rings is 3. The smallest absolute Gasteiger partial charge is 0.175 e. The van der Waals surface area contributed by atoms with E-state index in [1.54, 1.807) is 72.8 Å². The third kappa shape index (κ3) is 3.61. The second-order valence-electron chi connectivity index (χ2n) is 7.48. The van der Waals surface area contributed by atoms with Gasteiger partial charge in [0.2, 0.25) is 0 Å². The van der Waals surface area contributed by atoms with E-state index < -0.39 is 15.4 Å². The number of phenolic OH excluding ortho intramolecular Hbond substituents is 2. The molecule has 1 aliphatic heterocycles. The van der Waals surface area contributed by atoms with Gasteiger partial charge in [-0.1, -0.05) is 31.2 Å². The molecular formula is C24H22N2O4S. The zero-order valence-electron chi connectivity index (χ0n) is 17.1. The van der Waals surface area contributed by atoms with Crippen LogP contribution in [-0.4, -0.2) is 24.9 Å². The van der Waals surface area contributed by atoms with Crippen molar-refractivity contribution in [3.05, 3.63) is 95.1 Å². The van der Waals surface area contributed by atoms with E-state index in [2.05, 4.69) is 5.11 Å². The molecule has 1 aliphatic rings. The Balaban J connectivity index is 1.97. The van der Waals surface area contributed by atoms with E-state index in [9.17, 15) is 18.6 Å². The van der Waals surface area contributed by atoms with Crippen molar-refractivity contribution < 1.29 is 18.6 Å². The normalized spacial score (nSPS) is 18.5. The summed E-state index contributed by atoms with van der Waals surface area (Å²) in [5, 5.41) is 28.7. The van der Waals surface area contributed by atoms with Crippen LogP contribution in [0.2, 0.25) is 0 Å². The Kier molecular flexibility index (Phi) is 5.15. The minimum atomic E-state index is -3.33. The van der Waals surface area contributed by atoms with Crippen molar-refractivity contribution in [2.45, 2.75) is 23.8 Å². The maximum absolute atomic E-state index is 11.9. The van der Waals surface area contributed by atoms with Crippen LogP contribution >= 0.6 is 0 Å². The van der Waals surface area contributed by atoms with Crippen LogP contribution < -0.4 is 0 Å². The average Bonchev–Trinajstić information content (AvgIpc) is 3.14. The fraction of sp³-hybridized carbons (Fsp3) is 0.167. The molecule has 0 amide bonds. The van der Waals surface area contributed by atoms with Gasteiger partial charge in [-0.2, -0.15) is 10.2 Å². The first kappa shape index (κ1) is 20.8. The lowest BCUT2D eigenvalue weighted by atomic mass is 9.75. The fourth-order valence-corrected chi connectivity index (χ4v) is 4.60. The number of phenols is 2. The lowest BCUT2D eigenvalue weighted by molar-refractivity contribution is 0.474. The summed E-state index contributed by atoms with van der Waals surface area (Å²) in [7, 11) is -3.33. The van der Waals surface area contributed by atoms with Gasteiger partial charge in [0, 0.05) is 11.8 Å². The Hall–Kier alpha value is -3.45. The highest BCUT2D eigenvalue weighted by atomic mass is 32.2. The molecule has 1 atom stereocenters. The molecule has 2 N–H and O–H groups in total. The van der Waals surface area contributed by atoms with Gasteiger partial charge in [0.25, 0.3) is 0 Å². The minimum Gasteiger partial charge on any atom is -0.508 e. The van der Waals surface area contributed by atoms with Crippen LogP contribution in [0.4, 0.5) is 0 Å². The first-order chi connectivity index (χ1) is 14.8. The summed E-state index contributed by atoms with van der Waals surface area (Å²) in [5.41, 5.74) is 3.11. The molecule has 3 aromatic rings. The number of aromatic hydroxyl groups is 2. The Bertz CT molecular complexity index is 1280. The van der Waals surface area contributed by atoms with Gasteiger partial charge in [-0.15, -0.1) is 0 Å². The van der Waals surface area contributed by atoms with E-state index in [1.807, 2.05) is 6.92 Å². The minimum absolute atomic E-state index is 0.141. The number of rotatable bonds is 5. The fourth-order valence-electron chi connectivity index (χ4n) is 3.97. The molecular weight excluding hydrogens is 412 g/mol. The molecule has 0 spiro atoms. The van der Waals surface area contributed by atoms with E-state index in [0.29, 0.717) is 12.1 Å². The van der Waals surface area contributed by atoms with E-state index in [-0.39, 0.29) is 16.4 Å². The molecule has 0 fully saturated rings. The predicted molar refractivity (Wildman–Crippen MR) is 119 cm³/mol. The van der Waals surface area contributed by atoms with Gasteiger partial charge in [-0.3, -0.25) is 0 Å². The highest BCUT2D eigenvalue weighted by molar-refractivity contribution is 7.90. The molecule has 31 heavy (non-hydrogen) atoms. The second kappa shape index (κ2) is 7.67. The summed E-state index contributed by atoms with van der Waals surface area (Å²) in [6, 6.07) is 20.3. The Morgan fingerprint density at radius 3 is 1.77 bits per heavy atom. The largest absolute Gasteiger partial charge is 0.508 e. The van der Waals surface area contributed by atoms with Gasteiger partial charge in [0.15, 0.2) is 15.4 Å². The zero-order valence-corrected chi connectivity index (χ0v) is 18.0. The van der Waals surface area contributed by atoms with Crippen molar-refractivity contribution in [2.75, 3.05) is 6.26 Å². The Morgan fingerprint density at radius 2 is 1.29 bits per heavy atom. The van der Waals surface area contributed by atoms with Crippen molar-refractivity contribution >= 4 is 15.5 Å². The van der Waals surface area contributed by atoms with Crippen molar-refractivity contribution in [3.8, 4) is 11.5 Å². The first-order valence-electron chi connectivity index (χ1n) is 9.81. The average molecular weight is 435 g/mol. The molecule has 0 bridgehead atoms. The highest BCUT2D eigenvalue weighted by Gasteiger charge is 2.43. The number of hydrogen-bond donors (Lipinski definition) is 2.